The summed E-state index contributed by atoms with van der Waals surface area (Å²) < 4.78 is 26.9. The van der Waals surface area contributed by atoms with Crippen LogP contribution in [0.5, 0.6) is 0 Å². The van der Waals surface area contributed by atoms with Crippen molar-refractivity contribution in [2.75, 3.05) is 26.4 Å². The van der Waals surface area contributed by atoms with E-state index in [9.17, 15) is 29.3 Å². The number of carbonyl (C=O) groups excluding carboxylic acids is 4. The summed E-state index contributed by atoms with van der Waals surface area (Å²) in [5.41, 5.74) is 3.59. The number of alkyl carbamates (subject to hydrolysis) is 2. The molecule has 0 saturated heterocycles. The third kappa shape index (κ3) is 10.4. The fraction of sp³-hybridized carbons (Fsp3) is 0.333. The van der Waals surface area contributed by atoms with Crippen molar-refractivity contribution in [1.82, 2.24) is 10.6 Å². The average Bonchev–Trinajstić information content (AvgIpc) is 3.40. The summed E-state index contributed by atoms with van der Waals surface area (Å²) in [6.45, 7) is 7.15. The first-order chi connectivity index (χ1) is 23.9. The summed E-state index contributed by atoms with van der Waals surface area (Å²) in [6, 6.07) is 18.4. The van der Waals surface area contributed by atoms with E-state index in [0.29, 0.717) is 5.56 Å². The molecule has 264 valence electrons. The number of fused-ring (bicyclic) bond motifs is 3. The predicted octanol–water partition coefficient (Wildman–Crippen LogP) is 5.18. The number of nitrogens with zero attached hydrogens (tertiary/aromatic N) is 1. The highest BCUT2D eigenvalue weighted by molar-refractivity contribution is 5.83. The maximum atomic E-state index is 13.1. The number of nitro benzene ring substituents is 1. The number of esters is 2. The Balaban J connectivity index is 1.37. The number of ether oxygens (including phenoxy) is 5. The molecule has 4 rings (SSSR count). The van der Waals surface area contributed by atoms with Crippen LogP contribution >= 0.6 is 0 Å². The van der Waals surface area contributed by atoms with Crippen LogP contribution in [0.2, 0.25) is 0 Å². The Kier molecular flexibility index (Phi) is 12.6. The van der Waals surface area contributed by atoms with Crippen LogP contribution in [-0.4, -0.2) is 73.2 Å². The third-order valence-corrected chi connectivity index (χ3v) is 7.33. The molecule has 0 radical (unpaired) electrons. The maximum Gasteiger partial charge on any atom is 0.408 e. The van der Waals surface area contributed by atoms with Crippen LogP contribution in [0.3, 0.4) is 0 Å². The lowest BCUT2D eigenvalue weighted by molar-refractivity contribution is -0.384. The monoisotopic (exact) mass is 689 g/mol. The summed E-state index contributed by atoms with van der Waals surface area (Å²) in [5, 5.41) is 15.7. The van der Waals surface area contributed by atoms with Crippen molar-refractivity contribution in [2.45, 2.75) is 51.0 Å². The highest BCUT2D eigenvalue weighted by atomic mass is 16.6. The summed E-state index contributed by atoms with van der Waals surface area (Å²) in [4.78, 5) is 61.7. The zero-order valence-electron chi connectivity index (χ0n) is 27.9. The molecule has 14 heteroatoms. The molecule has 1 aliphatic rings. The van der Waals surface area contributed by atoms with Crippen LogP contribution in [0.4, 0.5) is 15.3 Å². The summed E-state index contributed by atoms with van der Waals surface area (Å²) >= 11 is 0. The second kappa shape index (κ2) is 17.1. The number of benzene rings is 3. The number of hydrogen-bond acceptors (Lipinski definition) is 11. The first kappa shape index (κ1) is 37.1. The number of hydrogen-bond donors (Lipinski definition) is 2. The molecule has 0 unspecified atom stereocenters. The van der Waals surface area contributed by atoms with E-state index in [2.05, 4.69) is 17.2 Å². The Hall–Kier alpha value is -5.76. The van der Waals surface area contributed by atoms with E-state index in [1.807, 2.05) is 48.5 Å². The highest BCUT2D eigenvalue weighted by Gasteiger charge is 2.32. The molecule has 0 aliphatic heterocycles. The lowest BCUT2D eigenvalue weighted by Crippen LogP contribution is -2.49. The lowest BCUT2D eigenvalue weighted by atomic mass is 9.98. The quantitative estimate of drug-likeness (QED) is 0.0705. The zero-order valence-corrected chi connectivity index (χ0v) is 27.9. The topological polar surface area (TPSA) is 182 Å². The molecule has 2 amide bonds. The molecule has 0 heterocycles. The Morgan fingerprint density at radius 3 is 1.90 bits per heavy atom. The van der Waals surface area contributed by atoms with Crippen molar-refractivity contribution >= 4 is 29.8 Å². The van der Waals surface area contributed by atoms with E-state index in [0.717, 1.165) is 22.3 Å². The first-order valence-electron chi connectivity index (χ1n) is 15.7. The minimum absolute atomic E-state index is 0.00484. The average molecular weight is 690 g/mol. The molecule has 0 fully saturated rings. The van der Waals surface area contributed by atoms with Crippen LogP contribution in [-0.2, 0) is 39.9 Å². The lowest BCUT2D eigenvalue weighted by Gasteiger charge is -2.25. The Labute approximate surface area is 288 Å². The molecule has 3 aromatic carbocycles. The molecular formula is C36H39N3O11. The van der Waals surface area contributed by atoms with Gasteiger partial charge in [-0.2, -0.15) is 0 Å². The van der Waals surface area contributed by atoms with Gasteiger partial charge in [0.15, 0.2) is 12.1 Å². The van der Waals surface area contributed by atoms with E-state index in [1.165, 1.54) is 30.3 Å². The van der Waals surface area contributed by atoms with Gasteiger partial charge in [-0.15, -0.1) is 0 Å². The van der Waals surface area contributed by atoms with E-state index < -0.39 is 59.9 Å². The fourth-order valence-electron chi connectivity index (χ4n) is 5.08. The molecular weight excluding hydrogens is 650 g/mol. The van der Waals surface area contributed by atoms with Gasteiger partial charge in [-0.25, -0.2) is 19.2 Å². The highest BCUT2D eigenvalue weighted by Crippen LogP contribution is 2.44. The van der Waals surface area contributed by atoms with Crippen molar-refractivity contribution in [3.05, 3.63) is 112 Å². The van der Waals surface area contributed by atoms with Crippen molar-refractivity contribution in [3.8, 4) is 11.1 Å². The molecule has 1 aliphatic carbocycles. The number of amides is 2. The van der Waals surface area contributed by atoms with Crippen LogP contribution < -0.4 is 10.6 Å². The largest absolute Gasteiger partial charge is 0.460 e. The summed E-state index contributed by atoms with van der Waals surface area (Å²) in [5.74, 6) is -1.90. The van der Waals surface area contributed by atoms with Gasteiger partial charge in [-0.1, -0.05) is 61.2 Å². The number of nitrogens with one attached hydrogen (secondary N) is 2. The molecule has 3 aromatic rings. The smallest absolute Gasteiger partial charge is 0.408 e. The van der Waals surface area contributed by atoms with Crippen LogP contribution in [0.15, 0.2) is 85.5 Å². The summed E-state index contributed by atoms with van der Waals surface area (Å²) in [6.07, 6.45) is -0.561. The minimum Gasteiger partial charge on any atom is -0.460 e. The fourth-order valence-corrected chi connectivity index (χ4v) is 5.08. The molecule has 0 bridgehead atoms. The van der Waals surface area contributed by atoms with Crippen LogP contribution in [0, 0.1) is 10.1 Å². The molecule has 2 atom stereocenters. The van der Waals surface area contributed by atoms with Crippen molar-refractivity contribution in [3.63, 3.8) is 0 Å². The van der Waals surface area contributed by atoms with E-state index >= 15 is 0 Å². The summed E-state index contributed by atoms with van der Waals surface area (Å²) in [7, 11) is 0. The second-order valence-corrected chi connectivity index (χ2v) is 12.2. The van der Waals surface area contributed by atoms with Crippen molar-refractivity contribution in [1.29, 1.82) is 0 Å². The number of carbonyl (C=O) groups is 4. The zero-order chi connectivity index (χ0) is 36.3. The van der Waals surface area contributed by atoms with Crippen molar-refractivity contribution < 1.29 is 47.8 Å². The van der Waals surface area contributed by atoms with E-state index in [1.54, 1.807) is 20.8 Å². The molecule has 0 saturated carbocycles. The Morgan fingerprint density at radius 2 is 1.36 bits per heavy atom. The van der Waals surface area contributed by atoms with E-state index in [4.69, 9.17) is 23.7 Å². The maximum absolute atomic E-state index is 13.1. The standard InChI is InChI=1S/C36H39N3O11/c1-5-18-47-32(40)30(37-34(42)48-19-23-14-16-24(17-15-23)39(44)45)21-46-22-31(33(41)50-36(2,3)4)38-35(43)49-20-29-27-12-8-6-10-25(27)26-11-7-9-13-28(26)29/h5-17,29-31H,1,18-22H2,2-4H3,(H,37,42)(H,38,43)/t30-,31+/m1/s1. The van der Waals surface area contributed by atoms with Gasteiger partial charge < -0.3 is 34.3 Å². The minimum atomic E-state index is -1.38. The van der Waals surface area contributed by atoms with Gasteiger partial charge in [0.2, 0.25) is 0 Å². The van der Waals surface area contributed by atoms with Gasteiger partial charge >= 0.3 is 24.1 Å². The van der Waals surface area contributed by atoms with Gasteiger partial charge in [-0.3, -0.25) is 10.1 Å². The molecule has 50 heavy (non-hydrogen) atoms. The van der Waals surface area contributed by atoms with E-state index in [-0.39, 0.29) is 31.4 Å². The number of nitro groups is 1. The molecule has 0 spiro atoms. The van der Waals surface area contributed by atoms with Gasteiger partial charge in [0, 0.05) is 18.1 Å². The van der Waals surface area contributed by atoms with Crippen molar-refractivity contribution in [2.24, 2.45) is 0 Å². The second-order valence-electron chi connectivity index (χ2n) is 12.2. The van der Waals surface area contributed by atoms with Crippen LogP contribution in [0.25, 0.3) is 11.1 Å². The predicted molar refractivity (Wildman–Crippen MR) is 180 cm³/mol. The molecule has 0 aromatic heterocycles. The van der Waals surface area contributed by atoms with Gasteiger partial charge in [-0.05, 0) is 60.7 Å². The Bertz CT molecular complexity index is 1660. The number of non-ortho nitro benzene ring substituents is 1. The van der Waals surface area contributed by atoms with Gasteiger partial charge in [0.05, 0.1) is 18.1 Å². The van der Waals surface area contributed by atoms with Gasteiger partial charge in [0.1, 0.15) is 25.4 Å². The molecule has 2 N–H and O–H groups in total. The first-order valence-corrected chi connectivity index (χ1v) is 15.7. The SMILES string of the molecule is C=CCOC(=O)[C@@H](COC[C@H](NC(=O)OCC1c2ccccc2-c2ccccc21)C(=O)OC(C)(C)C)NC(=O)OCc1ccc([N+](=O)[O-])cc1. The number of rotatable bonds is 15. The third-order valence-electron chi connectivity index (χ3n) is 7.33. The normalized spacial score (nSPS) is 13.1. The van der Waals surface area contributed by atoms with Gasteiger partial charge in [0.25, 0.3) is 5.69 Å². The molecule has 14 nitrogen and oxygen atoms in total. The van der Waals surface area contributed by atoms with Crippen LogP contribution in [0.1, 0.15) is 43.4 Å². The Morgan fingerprint density at radius 1 is 0.820 bits per heavy atom.